The topological polar surface area (TPSA) is 25.8 Å². The molecule has 1 heterocycles. The number of rotatable bonds is 1. The third-order valence-electron chi connectivity index (χ3n) is 1.83. The Labute approximate surface area is 105 Å². The van der Waals surface area contributed by atoms with Gasteiger partial charge in [0.2, 0.25) is 5.28 Å². The SMILES string of the molecule is Clc1nc(Cl)c(Br)c(-c2ccccc2)n1. The second-order valence-electron chi connectivity index (χ2n) is 2.81. The number of hydrogen-bond donors (Lipinski definition) is 0. The lowest BCUT2D eigenvalue weighted by Crippen LogP contribution is -1.90. The number of halogens is 3. The maximum absolute atomic E-state index is 5.89. The number of benzene rings is 1. The molecule has 0 amide bonds. The van der Waals surface area contributed by atoms with E-state index in [2.05, 4.69) is 25.9 Å². The Morgan fingerprint density at radius 2 is 1.67 bits per heavy atom. The summed E-state index contributed by atoms with van der Waals surface area (Å²) in [4.78, 5) is 7.96. The van der Waals surface area contributed by atoms with Crippen LogP contribution in [0, 0.1) is 0 Å². The lowest BCUT2D eigenvalue weighted by atomic mass is 10.1. The van der Waals surface area contributed by atoms with Crippen LogP contribution in [0.25, 0.3) is 11.3 Å². The Kier molecular flexibility index (Phi) is 3.24. The fourth-order valence-corrected chi connectivity index (χ4v) is 1.97. The van der Waals surface area contributed by atoms with Crippen molar-refractivity contribution in [1.29, 1.82) is 0 Å². The van der Waals surface area contributed by atoms with Gasteiger partial charge in [-0.1, -0.05) is 41.9 Å². The summed E-state index contributed by atoms with van der Waals surface area (Å²) in [7, 11) is 0. The van der Waals surface area contributed by atoms with Crippen molar-refractivity contribution in [2.24, 2.45) is 0 Å². The van der Waals surface area contributed by atoms with Gasteiger partial charge in [-0.05, 0) is 27.5 Å². The van der Waals surface area contributed by atoms with E-state index in [1.165, 1.54) is 0 Å². The standard InChI is InChI=1S/C10H5BrCl2N2/c11-7-8(6-4-2-1-3-5-6)14-10(13)15-9(7)12/h1-5H. The van der Waals surface area contributed by atoms with Crippen molar-refractivity contribution >= 4 is 39.1 Å². The van der Waals surface area contributed by atoms with Crippen LogP contribution in [0.4, 0.5) is 0 Å². The molecule has 2 rings (SSSR count). The molecular weight excluding hydrogens is 299 g/mol. The number of aromatic nitrogens is 2. The summed E-state index contributed by atoms with van der Waals surface area (Å²) in [5.41, 5.74) is 1.64. The Morgan fingerprint density at radius 3 is 2.33 bits per heavy atom. The minimum Gasteiger partial charge on any atom is -0.217 e. The third-order valence-corrected chi connectivity index (χ3v) is 3.25. The Hall–Kier alpha value is -0.640. The fourth-order valence-electron chi connectivity index (χ4n) is 1.18. The van der Waals surface area contributed by atoms with Gasteiger partial charge in [0.05, 0.1) is 10.2 Å². The molecule has 2 aromatic rings. The quantitative estimate of drug-likeness (QED) is 0.582. The van der Waals surface area contributed by atoms with E-state index in [4.69, 9.17) is 23.2 Å². The molecular formula is C10H5BrCl2N2. The van der Waals surface area contributed by atoms with E-state index in [1.54, 1.807) is 0 Å². The van der Waals surface area contributed by atoms with Crippen LogP contribution in [-0.4, -0.2) is 9.97 Å². The zero-order valence-electron chi connectivity index (χ0n) is 7.42. The highest BCUT2D eigenvalue weighted by Gasteiger charge is 2.10. The average molecular weight is 304 g/mol. The number of nitrogens with zero attached hydrogens (tertiary/aromatic N) is 2. The molecule has 0 aliphatic carbocycles. The van der Waals surface area contributed by atoms with E-state index < -0.39 is 0 Å². The monoisotopic (exact) mass is 302 g/mol. The largest absolute Gasteiger partial charge is 0.224 e. The van der Waals surface area contributed by atoms with E-state index >= 15 is 0 Å². The van der Waals surface area contributed by atoms with Gasteiger partial charge in [-0.2, -0.15) is 0 Å². The number of hydrogen-bond acceptors (Lipinski definition) is 2. The fraction of sp³-hybridized carbons (Fsp3) is 0. The van der Waals surface area contributed by atoms with Crippen molar-refractivity contribution < 1.29 is 0 Å². The molecule has 0 radical (unpaired) electrons. The predicted molar refractivity (Wildman–Crippen MR) is 65.2 cm³/mol. The van der Waals surface area contributed by atoms with Crippen LogP contribution in [0.15, 0.2) is 34.8 Å². The molecule has 5 heteroatoms. The first kappa shape index (κ1) is 10.9. The van der Waals surface area contributed by atoms with E-state index in [0.717, 1.165) is 5.56 Å². The maximum atomic E-state index is 5.89. The molecule has 15 heavy (non-hydrogen) atoms. The Balaban J connectivity index is 2.63. The second-order valence-corrected chi connectivity index (χ2v) is 4.30. The average Bonchev–Trinajstić information content (AvgIpc) is 2.24. The van der Waals surface area contributed by atoms with Gasteiger partial charge in [-0.25, -0.2) is 9.97 Å². The van der Waals surface area contributed by atoms with Gasteiger partial charge in [0.15, 0.2) is 0 Å². The van der Waals surface area contributed by atoms with Crippen LogP contribution in [0.3, 0.4) is 0 Å². The lowest BCUT2D eigenvalue weighted by molar-refractivity contribution is 1.16. The first-order valence-electron chi connectivity index (χ1n) is 4.12. The summed E-state index contributed by atoms with van der Waals surface area (Å²) < 4.78 is 0.653. The summed E-state index contributed by atoms with van der Waals surface area (Å²) in [6, 6.07) is 9.64. The van der Waals surface area contributed by atoms with Crippen molar-refractivity contribution in [2.45, 2.75) is 0 Å². The molecule has 0 N–H and O–H groups in total. The second kappa shape index (κ2) is 4.47. The highest BCUT2D eigenvalue weighted by atomic mass is 79.9. The van der Waals surface area contributed by atoms with Crippen LogP contribution >= 0.6 is 39.1 Å². The van der Waals surface area contributed by atoms with Gasteiger partial charge in [-0.15, -0.1) is 0 Å². The summed E-state index contributed by atoms with van der Waals surface area (Å²) in [5, 5.41) is 0.455. The minimum absolute atomic E-state index is 0.141. The molecule has 1 aromatic carbocycles. The third kappa shape index (κ3) is 2.30. The van der Waals surface area contributed by atoms with Crippen molar-refractivity contribution in [3.63, 3.8) is 0 Å². The molecule has 0 unspecified atom stereocenters. The summed E-state index contributed by atoms with van der Waals surface area (Å²) >= 11 is 15.0. The highest BCUT2D eigenvalue weighted by Crippen LogP contribution is 2.31. The smallest absolute Gasteiger partial charge is 0.217 e. The molecule has 0 fully saturated rings. The molecule has 0 atom stereocenters. The molecule has 0 aliphatic heterocycles. The molecule has 0 saturated heterocycles. The van der Waals surface area contributed by atoms with Gasteiger partial charge in [0.25, 0.3) is 0 Å². The first-order valence-corrected chi connectivity index (χ1v) is 5.67. The van der Waals surface area contributed by atoms with Gasteiger partial charge in [0, 0.05) is 5.56 Å². The molecule has 0 saturated carbocycles. The molecule has 76 valence electrons. The van der Waals surface area contributed by atoms with Crippen molar-refractivity contribution in [1.82, 2.24) is 9.97 Å². The van der Waals surface area contributed by atoms with Crippen molar-refractivity contribution in [2.75, 3.05) is 0 Å². The van der Waals surface area contributed by atoms with E-state index in [1.807, 2.05) is 30.3 Å². The molecule has 0 spiro atoms. The van der Waals surface area contributed by atoms with E-state index in [0.29, 0.717) is 15.3 Å². The van der Waals surface area contributed by atoms with Gasteiger partial charge < -0.3 is 0 Å². The van der Waals surface area contributed by atoms with Gasteiger partial charge >= 0.3 is 0 Å². The Morgan fingerprint density at radius 1 is 1.00 bits per heavy atom. The Bertz CT molecular complexity index is 488. The van der Waals surface area contributed by atoms with Crippen molar-refractivity contribution in [3.8, 4) is 11.3 Å². The normalized spacial score (nSPS) is 10.3. The predicted octanol–water partition coefficient (Wildman–Crippen LogP) is 4.21. The summed E-state index contributed by atoms with van der Waals surface area (Å²) in [6.07, 6.45) is 0. The summed E-state index contributed by atoms with van der Waals surface area (Å²) in [6.45, 7) is 0. The zero-order chi connectivity index (χ0) is 10.8. The van der Waals surface area contributed by atoms with Gasteiger partial charge in [-0.3, -0.25) is 0 Å². The van der Waals surface area contributed by atoms with Crippen LogP contribution in [0.1, 0.15) is 0 Å². The van der Waals surface area contributed by atoms with Crippen LogP contribution in [0.2, 0.25) is 10.4 Å². The van der Waals surface area contributed by atoms with Crippen molar-refractivity contribution in [3.05, 3.63) is 45.2 Å². The van der Waals surface area contributed by atoms with Crippen LogP contribution in [-0.2, 0) is 0 Å². The van der Waals surface area contributed by atoms with E-state index in [9.17, 15) is 0 Å². The molecule has 2 nitrogen and oxygen atoms in total. The first-order chi connectivity index (χ1) is 7.18. The lowest BCUT2D eigenvalue weighted by Gasteiger charge is -2.04. The van der Waals surface area contributed by atoms with Crippen LogP contribution in [0.5, 0.6) is 0 Å². The van der Waals surface area contributed by atoms with E-state index in [-0.39, 0.29) is 5.28 Å². The zero-order valence-corrected chi connectivity index (χ0v) is 10.5. The molecule has 0 aliphatic rings. The maximum Gasteiger partial charge on any atom is 0.224 e. The molecule has 0 bridgehead atoms. The van der Waals surface area contributed by atoms with Crippen LogP contribution < -0.4 is 0 Å². The minimum atomic E-state index is 0.141. The highest BCUT2D eigenvalue weighted by molar-refractivity contribution is 9.10. The summed E-state index contributed by atoms with van der Waals surface area (Å²) in [5.74, 6) is 0. The van der Waals surface area contributed by atoms with Gasteiger partial charge in [0.1, 0.15) is 5.15 Å². The molecule has 1 aromatic heterocycles.